The number of benzene rings is 6. The number of carbonyl (C=O) groups excluding carboxylic acids is 3. The number of aliphatic hydroxyl groups excluding tert-OH is 1. The summed E-state index contributed by atoms with van der Waals surface area (Å²) in [5.74, 6) is 2.66. The van der Waals surface area contributed by atoms with Gasteiger partial charge in [0.25, 0.3) is 17.3 Å². The molecule has 0 bridgehead atoms. The van der Waals surface area contributed by atoms with E-state index in [-0.39, 0.29) is 62.8 Å². The van der Waals surface area contributed by atoms with Gasteiger partial charge < -0.3 is 54.1 Å². The molecule has 31 nitrogen and oxygen atoms in total. The zero-order valence-electron chi connectivity index (χ0n) is 78.6. The molecule has 3 fully saturated rings. The Labute approximate surface area is 784 Å². The van der Waals surface area contributed by atoms with Crippen LogP contribution in [0.3, 0.4) is 0 Å². The van der Waals surface area contributed by atoms with Crippen molar-refractivity contribution in [2.75, 3.05) is 68.2 Å². The van der Waals surface area contributed by atoms with E-state index in [2.05, 4.69) is 134 Å². The normalized spacial score (nSPS) is 15.5. The van der Waals surface area contributed by atoms with Crippen molar-refractivity contribution in [1.82, 2.24) is 58.7 Å². The summed E-state index contributed by atoms with van der Waals surface area (Å²) in [5, 5.41) is 36.0. The Hall–Kier alpha value is -10.8. The van der Waals surface area contributed by atoms with Crippen LogP contribution in [0.5, 0.6) is 0 Å². The Kier molecular flexibility index (Phi) is 33.8. The van der Waals surface area contributed by atoms with Crippen LogP contribution >= 0.6 is 0 Å². The quantitative estimate of drug-likeness (QED) is 0.0433. The predicted molar refractivity (Wildman–Crippen MR) is 484 cm³/mol. The number of anilines is 3. The Morgan fingerprint density at radius 3 is 0.931 bits per heavy atom. The zero-order valence-corrected chi connectivity index (χ0v) is 81.3. The third-order valence-electron chi connectivity index (χ3n) is 22.3. The molecule has 9 heterocycles. The van der Waals surface area contributed by atoms with Crippen LogP contribution in [0.2, 0.25) is 0 Å². The Bertz CT molecular complexity index is 5870. The first-order chi connectivity index (χ1) is 60.1. The van der Waals surface area contributed by atoms with Crippen molar-refractivity contribution in [2.45, 2.75) is 205 Å². The van der Waals surface area contributed by atoms with Gasteiger partial charge in [-0.3, -0.25) is 4.79 Å². The summed E-state index contributed by atoms with van der Waals surface area (Å²) < 4.78 is 65.2. The number of esters is 3. The minimum Gasteiger partial charge on any atom is -0.870 e. The number of rotatable bonds is 17. The van der Waals surface area contributed by atoms with E-state index >= 15 is 0 Å². The number of fused-ring (bicyclic) bond motifs is 3. The van der Waals surface area contributed by atoms with E-state index < -0.39 is 57.7 Å². The van der Waals surface area contributed by atoms with Gasteiger partial charge in [0.15, 0.2) is 35.8 Å². The van der Waals surface area contributed by atoms with E-state index in [0.717, 1.165) is 134 Å². The fourth-order valence-electron chi connectivity index (χ4n) is 15.5. The van der Waals surface area contributed by atoms with Gasteiger partial charge in [-0.2, -0.15) is 42.5 Å². The molecule has 3 aliphatic heterocycles. The van der Waals surface area contributed by atoms with E-state index in [4.69, 9.17) is 82.5 Å². The van der Waals surface area contributed by atoms with Crippen LogP contribution in [-0.2, 0) is 42.9 Å². The molecular weight excluding hydrogens is 1690 g/mol. The van der Waals surface area contributed by atoms with Crippen molar-refractivity contribution in [3.05, 3.63) is 198 Å². The Balaban J connectivity index is 0.000000204. The molecular formula is C97H121ClN15NaO16. The molecule has 33 heteroatoms. The van der Waals surface area contributed by atoms with Crippen LogP contribution in [0, 0.1) is 47.3 Å². The van der Waals surface area contributed by atoms with Crippen LogP contribution in [0.15, 0.2) is 164 Å². The first kappa shape index (κ1) is 103. The molecule has 3 saturated heterocycles. The first-order valence-electron chi connectivity index (χ1n) is 42.9. The molecule has 0 spiro atoms. The average molecular weight is 1810 g/mol. The van der Waals surface area contributed by atoms with Gasteiger partial charge in [0.05, 0.1) is 74.1 Å². The number of nitrogens with zero attached hydrogens (tertiary/aromatic N) is 15. The van der Waals surface area contributed by atoms with Crippen molar-refractivity contribution in [3.63, 3.8) is 0 Å². The summed E-state index contributed by atoms with van der Waals surface area (Å²) >= 11 is 0. The Morgan fingerprint density at radius 1 is 0.408 bits per heavy atom. The summed E-state index contributed by atoms with van der Waals surface area (Å²) in [6.45, 7) is 42.2. The number of hydrogen-bond donors (Lipinski definition) is 3. The van der Waals surface area contributed by atoms with Crippen molar-refractivity contribution in [1.29, 1.82) is 0 Å². The number of ether oxygens (including phenoxy) is 5. The van der Waals surface area contributed by atoms with E-state index in [0.29, 0.717) is 80.2 Å². The van der Waals surface area contributed by atoms with Gasteiger partial charge in [-0.25, -0.2) is 29.3 Å². The van der Waals surface area contributed by atoms with E-state index in [1.54, 1.807) is 20.5 Å². The van der Waals surface area contributed by atoms with Gasteiger partial charge >= 0.3 is 53.4 Å². The topological polar surface area (TPSA) is 413 Å². The molecule has 6 aromatic carbocycles. The summed E-state index contributed by atoms with van der Waals surface area (Å²) in [4.78, 5) is 83.7. The van der Waals surface area contributed by atoms with Gasteiger partial charge in [0, 0.05) is 62.9 Å². The number of carboxylic acids is 1. The zero-order chi connectivity index (χ0) is 93.3. The van der Waals surface area contributed by atoms with Crippen molar-refractivity contribution >= 4 is 58.7 Å². The summed E-state index contributed by atoms with van der Waals surface area (Å²) in [6.07, 6.45) is 2.32. The van der Waals surface area contributed by atoms with Crippen LogP contribution in [-0.4, -0.2) is 173 Å². The molecule has 0 aliphatic carbocycles. The number of methoxy groups -OCH3 is 2. The second kappa shape index (κ2) is 42.6. The minimum absolute atomic E-state index is 0. The van der Waals surface area contributed by atoms with E-state index in [1.165, 1.54) is 21.1 Å². The second-order valence-corrected chi connectivity index (χ2v) is 38.4. The summed E-state index contributed by atoms with van der Waals surface area (Å²) in [6, 6.07) is 55.0. The molecule has 4 N–H and O–H groups in total. The fourth-order valence-corrected chi connectivity index (χ4v) is 15.5. The van der Waals surface area contributed by atoms with Gasteiger partial charge in [-0.1, -0.05) is 187 Å². The van der Waals surface area contributed by atoms with Crippen LogP contribution in [0.25, 0.3) is 84.9 Å². The molecule has 688 valence electrons. The maximum Gasteiger partial charge on any atom is 1.00 e. The summed E-state index contributed by atoms with van der Waals surface area (Å²) in [7, 11) is -2.04. The molecule has 6 aromatic heterocycles. The van der Waals surface area contributed by atoms with Crippen LogP contribution < -0.4 is 58.2 Å². The molecule has 130 heavy (non-hydrogen) atoms. The molecule has 3 atom stereocenters. The molecule has 0 amide bonds. The molecule has 0 unspecified atom stereocenters. The number of aryl methyl sites for hydroxylation is 3. The fraction of sp³-hybridized carbons (Fsp3) is 0.433. The monoisotopic (exact) mass is 1810 g/mol. The molecule has 12 aromatic rings. The van der Waals surface area contributed by atoms with E-state index in [1.807, 2.05) is 167 Å². The van der Waals surface area contributed by atoms with Crippen LogP contribution in [0.4, 0.5) is 17.5 Å². The van der Waals surface area contributed by atoms with Gasteiger partial charge in [0.1, 0.15) is 23.1 Å². The van der Waals surface area contributed by atoms with Gasteiger partial charge in [-0.15, -0.1) is 15.3 Å². The average Bonchev–Trinajstić information content (AvgIpc) is 1.55. The molecule has 0 saturated carbocycles. The number of carboxylic acid groups (broad SMARTS) is 1. The van der Waals surface area contributed by atoms with Crippen molar-refractivity contribution in [2.24, 2.45) is 16.2 Å². The number of aliphatic hydroxyl groups is 1. The number of aromatic nitrogens is 12. The third-order valence-corrected chi connectivity index (χ3v) is 22.3. The predicted octanol–water partition coefficient (Wildman–Crippen LogP) is 11.4. The molecule has 15 rings (SSSR count). The number of carbonyl (C=O) groups is 4. The second-order valence-electron chi connectivity index (χ2n) is 37.6. The smallest absolute Gasteiger partial charge is 0.870 e. The van der Waals surface area contributed by atoms with Crippen molar-refractivity contribution in [3.8, 4) is 67.5 Å². The number of aliphatic carboxylic acids is 1. The maximum atomic E-state index is 13.2. The number of hydrogen-bond acceptors (Lipinski definition) is 27. The van der Waals surface area contributed by atoms with Crippen molar-refractivity contribution < 1.29 is 117 Å². The molecule has 3 aliphatic rings. The largest absolute Gasteiger partial charge is 1.00 e. The minimum atomic E-state index is -4.69. The van der Waals surface area contributed by atoms with Gasteiger partial charge in [-0.05, 0) is 189 Å². The first-order valence-corrected chi connectivity index (χ1v) is 44.1. The van der Waals surface area contributed by atoms with Gasteiger partial charge in [0.2, 0.25) is 0 Å². The summed E-state index contributed by atoms with van der Waals surface area (Å²) in [5.41, 5.74) is 11.7. The van der Waals surface area contributed by atoms with E-state index in [9.17, 15) is 29.4 Å². The standard InChI is InChI=1S/C32H39N5O3.C31H37N5O3.C28H31N5O3.C6H12O2.ClHO4.Na.H2O/c1-21-25(26(29(38)39-7)40-31(2,3)4)28(36-18-16-32(5,6)17-19-36)37-30(33-21)34-27(35-37)24-15-11-14-23(20-24)22-12-9-8-10-13-22;1-20-24(25(28(37)38)39-30(2,3)4)27(35-17-15-31(5,6)16-18-35)36-29(32-20)33-26(34-36)23-14-10-13-22(19-23)21-11-8-7-9-12-21;1-18-22(23(34)26(35)36-4)25(32-15-13-28(2,3)14-16-32)33-27(29-18)30-24(31-33)21-12-8-11-20(17-21)19-9-6-5-7-10-19;1-5(7)8-6(2,3)4;2-1(3,4)5;;/h8-15,20,26H,16-19H2,1-7H3;7-14,19,25H,15-18H2,1-6H3,(H,37,38);5-12,17,23,34H,13-16H2,1-4H3;1-4H3;(H,2,3,4,5);;1H2/q;;;;;+1;/p-1/t26-;25-;23-;;;;/m000..../s1. The SMILES string of the molecule is CC(=O)OC(C)(C)C.COC(=O)[C@@H](O)c1c(C)nc2nc(-c3cccc(-c4ccccc4)c3)nn2c1N1CCC(C)(C)CC1.COC(=O)[C@@H](OC(C)(C)C)c1c(C)nc2nc(-c3cccc(-c4ccccc4)c3)nn2c1N1CCC(C)(C)CC1.Cc1nc2nc(-c3cccc(-c4ccccc4)c3)nn2c(N2CCC(C)(C)CC2)c1[C@H](OC(C)(C)C)C(=O)O.[Na+].[O-][Cl+3]([O-])([O-])O.[OH-]. The maximum absolute atomic E-state index is 13.2. The number of halogens is 1. The number of piperidine rings is 3. The molecule has 0 radical (unpaired) electrons. The van der Waals surface area contributed by atoms with Crippen LogP contribution in [0.1, 0.15) is 201 Å². The Morgan fingerprint density at radius 2 is 0.669 bits per heavy atom. The third kappa shape index (κ3) is 27.0.